The zero-order chi connectivity index (χ0) is 19.3. The predicted octanol–water partition coefficient (Wildman–Crippen LogP) is 2.83. The third kappa shape index (κ3) is 4.12. The molecule has 3 heterocycles. The van der Waals surface area contributed by atoms with Crippen molar-refractivity contribution in [2.45, 2.75) is 13.0 Å². The third-order valence-electron chi connectivity index (χ3n) is 5.23. The van der Waals surface area contributed by atoms with Crippen LogP contribution in [-0.4, -0.2) is 56.4 Å². The molecule has 0 spiro atoms. The van der Waals surface area contributed by atoms with E-state index in [1.807, 2.05) is 59.2 Å². The Hall–Kier alpha value is -2.99. The van der Waals surface area contributed by atoms with Crippen LogP contribution in [0.2, 0.25) is 0 Å². The van der Waals surface area contributed by atoms with Gasteiger partial charge in [-0.25, -0.2) is 4.98 Å². The van der Waals surface area contributed by atoms with Crippen molar-refractivity contribution in [2.24, 2.45) is 7.05 Å². The van der Waals surface area contributed by atoms with Crippen LogP contribution < -0.4 is 0 Å². The Morgan fingerprint density at radius 1 is 1.04 bits per heavy atom. The number of rotatable bonds is 4. The quantitative estimate of drug-likeness (QED) is 0.704. The van der Waals surface area contributed by atoms with Gasteiger partial charge in [-0.15, -0.1) is 0 Å². The molecular formula is C22H25N5O. The van der Waals surface area contributed by atoms with Crippen molar-refractivity contribution < 1.29 is 4.79 Å². The number of hydrogen-bond donors (Lipinski definition) is 0. The zero-order valence-electron chi connectivity index (χ0n) is 16.2. The molecule has 0 N–H and O–H groups in total. The van der Waals surface area contributed by atoms with Gasteiger partial charge in [-0.1, -0.05) is 18.2 Å². The minimum Gasteiger partial charge on any atom is -0.337 e. The Kier molecular flexibility index (Phi) is 5.48. The highest BCUT2D eigenvalue weighted by Crippen LogP contribution is 2.20. The summed E-state index contributed by atoms with van der Waals surface area (Å²) in [5.74, 6) is 0.104. The van der Waals surface area contributed by atoms with Gasteiger partial charge in [0.2, 0.25) is 0 Å². The number of aryl methyl sites for hydroxylation is 1. The van der Waals surface area contributed by atoms with E-state index in [9.17, 15) is 4.79 Å². The summed E-state index contributed by atoms with van der Waals surface area (Å²) in [5, 5.41) is 0. The molecule has 1 aromatic carbocycles. The Labute approximate surface area is 165 Å². The molecule has 2 aromatic heterocycles. The third-order valence-corrected chi connectivity index (χ3v) is 5.23. The minimum atomic E-state index is 0.104. The lowest BCUT2D eigenvalue weighted by Crippen LogP contribution is -2.35. The van der Waals surface area contributed by atoms with E-state index in [2.05, 4.69) is 20.9 Å². The van der Waals surface area contributed by atoms with Gasteiger partial charge in [0.25, 0.3) is 5.91 Å². The van der Waals surface area contributed by atoms with Crippen LogP contribution in [0.4, 0.5) is 0 Å². The van der Waals surface area contributed by atoms with Crippen LogP contribution in [0, 0.1) is 0 Å². The highest BCUT2D eigenvalue weighted by Gasteiger charge is 2.21. The fourth-order valence-electron chi connectivity index (χ4n) is 3.71. The summed E-state index contributed by atoms with van der Waals surface area (Å²) in [6, 6.07) is 11.9. The number of amides is 1. The average molecular weight is 375 g/mol. The molecule has 4 rings (SSSR count). The molecule has 1 fully saturated rings. The van der Waals surface area contributed by atoms with Crippen LogP contribution in [0.15, 0.2) is 61.3 Å². The summed E-state index contributed by atoms with van der Waals surface area (Å²) in [5.41, 5.74) is 3.97. The van der Waals surface area contributed by atoms with Crippen molar-refractivity contribution in [3.8, 4) is 11.3 Å². The average Bonchev–Trinajstić information content (AvgIpc) is 3.02. The van der Waals surface area contributed by atoms with Gasteiger partial charge in [-0.05, 0) is 30.2 Å². The number of carbonyl (C=O) groups is 1. The summed E-state index contributed by atoms with van der Waals surface area (Å²) in [6.45, 7) is 4.29. The van der Waals surface area contributed by atoms with Crippen molar-refractivity contribution in [1.82, 2.24) is 24.3 Å². The van der Waals surface area contributed by atoms with E-state index < -0.39 is 0 Å². The number of benzene rings is 1. The lowest BCUT2D eigenvalue weighted by atomic mass is 10.1. The van der Waals surface area contributed by atoms with Crippen molar-refractivity contribution in [3.05, 3.63) is 72.4 Å². The lowest BCUT2D eigenvalue weighted by molar-refractivity contribution is 0.0761. The maximum absolute atomic E-state index is 13.1. The Morgan fingerprint density at radius 3 is 2.75 bits per heavy atom. The van der Waals surface area contributed by atoms with Crippen molar-refractivity contribution in [2.75, 3.05) is 26.2 Å². The molecule has 0 atom stereocenters. The monoisotopic (exact) mass is 375 g/mol. The van der Waals surface area contributed by atoms with E-state index >= 15 is 0 Å². The topological polar surface area (TPSA) is 54.3 Å². The second kappa shape index (κ2) is 8.35. The fourth-order valence-corrected chi connectivity index (χ4v) is 3.71. The van der Waals surface area contributed by atoms with Crippen LogP contribution in [0.25, 0.3) is 11.3 Å². The van der Waals surface area contributed by atoms with Gasteiger partial charge in [0, 0.05) is 63.3 Å². The number of carbonyl (C=O) groups excluding carboxylic acids is 1. The molecule has 0 aliphatic carbocycles. The normalized spacial score (nSPS) is 15.4. The second-order valence-corrected chi connectivity index (χ2v) is 7.25. The first kappa shape index (κ1) is 18.4. The van der Waals surface area contributed by atoms with E-state index in [1.165, 1.54) is 5.56 Å². The summed E-state index contributed by atoms with van der Waals surface area (Å²) >= 11 is 0. The van der Waals surface area contributed by atoms with E-state index in [0.717, 1.165) is 56.0 Å². The highest BCUT2D eigenvalue weighted by atomic mass is 16.2. The molecule has 0 unspecified atom stereocenters. The zero-order valence-corrected chi connectivity index (χ0v) is 16.2. The van der Waals surface area contributed by atoms with Crippen LogP contribution in [0.3, 0.4) is 0 Å². The van der Waals surface area contributed by atoms with Crippen molar-refractivity contribution in [3.63, 3.8) is 0 Å². The summed E-state index contributed by atoms with van der Waals surface area (Å²) < 4.78 is 1.96. The smallest absolute Gasteiger partial charge is 0.253 e. The van der Waals surface area contributed by atoms with Gasteiger partial charge in [0.1, 0.15) is 0 Å². The Morgan fingerprint density at radius 2 is 1.96 bits per heavy atom. The number of imidazole rings is 1. The van der Waals surface area contributed by atoms with Crippen LogP contribution >= 0.6 is 0 Å². The minimum absolute atomic E-state index is 0.104. The molecule has 1 amide bonds. The molecule has 0 saturated carbocycles. The van der Waals surface area contributed by atoms with Gasteiger partial charge in [0.05, 0.1) is 18.2 Å². The molecule has 3 aromatic rings. The first-order valence-corrected chi connectivity index (χ1v) is 9.68. The van der Waals surface area contributed by atoms with E-state index in [0.29, 0.717) is 0 Å². The predicted molar refractivity (Wildman–Crippen MR) is 109 cm³/mol. The molecular weight excluding hydrogens is 350 g/mol. The number of aromatic nitrogens is 3. The molecule has 0 radical (unpaired) electrons. The lowest BCUT2D eigenvalue weighted by Gasteiger charge is -2.22. The summed E-state index contributed by atoms with van der Waals surface area (Å²) in [4.78, 5) is 25.8. The largest absolute Gasteiger partial charge is 0.337 e. The molecule has 28 heavy (non-hydrogen) atoms. The van der Waals surface area contributed by atoms with Crippen LogP contribution in [0.1, 0.15) is 22.3 Å². The molecule has 6 heteroatoms. The van der Waals surface area contributed by atoms with E-state index in [-0.39, 0.29) is 5.91 Å². The molecule has 144 valence electrons. The summed E-state index contributed by atoms with van der Waals surface area (Å²) in [6.07, 6.45) is 8.29. The molecule has 1 aliphatic rings. The van der Waals surface area contributed by atoms with Gasteiger partial charge in [-0.3, -0.25) is 14.7 Å². The number of hydrogen-bond acceptors (Lipinski definition) is 4. The standard InChI is InChI=1S/C22H25N5O/c1-25-17-24-15-21(25)19-6-2-7-20(13-19)22(28)27-10-4-9-26(11-12-27)16-18-5-3-8-23-14-18/h2-3,5-8,13-15,17H,4,9-12,16H2,1H3. The van der Waals surface area contributed by atoms with Crippen LogP contribution in [-0.2, 0) is 13.6 Å². The van der Waals surface area contributed by atoms with Crippen LogP contribution in [0.5, 0.6) is 0 Å². The maximum Gasteiger partial charge on any atom is 0.253 e. The molecule has 1 aliphatic heterocycles. The molecule has 0 bridgehead atoms. The Bertz CT molecular complexity index is 937. The summed E-state index contributed by atoms with van der Waals surface area (Å²) in [7, 11) is 1.96. The highest BCUT2D eigenvalue weighted by molar-refractivity contribution is 5.95. The SMILES string of the molecule is Cn1cncc1-c1cccc(C(=O)N2CCCN(Cc3cccnc3)CC2)c1. The van der Waals surface area contributed by atoms with Crippen molar-refractivity contribution in [1.29, 1.82) is 0 Å². The van der Waals surface area contributed by atoms with E-state index in [4.69, 9.17) is 0 Å². The fraction of sp³-hybridized carbons (Fsp3) is 0.318. The van der Waals surface area contributed by atoms with Gasteiger partial charge in [-0.2, -0.15) is 0 Å². The van der Waals surface area contributed by atoms with Gasteiger partial charge < -0.3 is 9.47 Å². The molecule has 6 nitrogen and oxygen atoms in total. The van der Waals surface area contributed by atoms with Gasteiger partial charge >= 0.3 is 0 Å². The maximum atomic E-state index is 13.1. The van der Waals surface area contributed by atoms with Crippen molar-refractivity contribution >= 4 is 5.91 Å². The Balaban J connectivity index is 1.43. The number of pyridine rings is 1. The van der Waals surface area contributed by atoms with E-state index in [1.54, 1.807) is 12.5 Å². The second-order valence-electron chi connectivity index (χ2n) is 7.25. The first-order valence-electron chi connectivity index (χ1n) is 9.68. The van der Waals surface area contributed by atoms with Gasteiger partial charge in [0.15, 0.2) is 0 Å². The first-order chi connectivity index (χ1) is 13.7. The number of nitrogens with zero attached hydrogens (tertiary/aromatic N) is 5. The molecule has 1 saturated heterocycles.